The Bertz CT molecular complexity index is 439. The lowest BCUT2D eigenvalue weighted by atomic mass is 9.74. The van der Waals surface area contributed by atoms with Gasteiger partial charge in [0.2, 0.25) is 5.76 Å². The molecule has 0 aromatic carbocycles. The number of aliphatic hydroxyl groups is 1. The first-order valence-electron chi connectivity index (χ1n) is 6.87. The second kappa shape index (κ2) is 5.37. The van der Waals surface area contributed by atoms with Crippen LogP contribution in [0.5, 0.6) is 0 Å². The summed E-state index contributed by atoms with van der Waals surface area (Å²) in [4.78, 5) is 11.4. The largest absolute Gasteiger partial charge is 0.463 e. The van der Waals surface area contributed by atoms with Gasteiger partial charge in [-0.05, 0) is 49.7 Å². The number of carbonyl (C=O) groups is 1. The maximum atomic E-state index is 11.4. The molecule has 1 aliphatic carbocycles. The third-order valence-electron chi connectivity index (χ3n) is 4.25. The Kier molecular flexibility index (Phi) is 3.99. The fraction of sp³-hybridized carbons (Fsp3) is 0.667. The fourth-order valence-electron chi connectivity index (χ4n) is 2.83. The number of methoxy groups -OCH3 is 1. The summed E-state index contributed by atoms with van der Waals surface area (Å²) in [5, 5.41) is 10.7. The molecular weight excluding hydrogens is 244 g/mol. The predicted octanol–water partition coefficient (Wildman–Crippen LogP) is 3.10. The number of rotatable bonds is 3. The zero-order chi connectivity index (χ0) is 14.0. The van der Waals surface area contributed by atoms with E-state index in [2.05, 4.69) is 18.6 Å². The van der Waals surface area contributed by atoms with Crippen LogP contribution in [-0.4, -0.2) is 18.2 Å². The van der Waals surface area contributed by atoms with Crippen molar-refractivity contribution < 1.29 is 19.1 Å². The van der Waals surface area contributed by atoms with Crippen molar-refractivity contribution in [1.29, 1.82) is 0 Å². The molecule has 1 heterocycles. The van der Waals surface area contributed by atoms with E-state index < -0.39 is 11.6 Å². The van der Waals surface area contributed by atoms with Gasteiger partial charge in [0.1, 0.15) is 11.4 Å². The zero-order valence-corrected chi connectivity index (χ0v) is 11.8. The monoisotopic (exact) mass is 266 g/mol. The zero-order valence-electron chi connectivity index (χ0n) is 11.8. The lowest BCUT2D eigenvalue weighted by Crippen LogP contribution is -2.32. The van der Waals surface area contributed by atoms with E-state index in [0.717, 1.165) is 12.8 Å². The average Bonchev–Trinajstić information content (AvgIpc) is 2.88. The smallest absolute Gasteiger partial charge is 0.373 e. The highest BCUT2D eigenvalue weighted by Crippen LogP contribution is 2.42. The second-order valence-electron chi connectivity index (χ2n) is 5.77. The van der Waals surface area contributed by atoms with Crippen LogP contribution in [0.25, 0.3) is 0 Å². The molecule has 1 aromatic rings. The van der Waals surface area contributed by atoms with Gasteiger partial charge in [-0.25, -0.2) is 4.79 Å². The molecule has 106 valence electrons. The van der Waals surface area contributed by atoms with Crippen molar-refractivity contribution in [3.63, 3.8) is 0 Å². The van der Waals surface area contributed by atoms with Gasteiger partial charge < -0.3 is 14.3 Å². The average molecular weight is 266 g/mol. The van der Waals surface area contributed by atoms with Crippen LogP contribution in [0.1, 0.15) is 55.8 Å². The third-order valence-corrected chi connectivity index (χ3v) is 4.25. The summed E-state index contributed by atoms with van der Waals surface area (Å²) in [6, 6.07) is 3.25. The molecule has 4 heteroatoms. The molecule has 1 N–H and O–H groups in total. The fourth-order valence-corrected chi connectivity index (χ4v) is 2.83. The van der Waals surface area contributed by atoms with Crippen molar-refractivity contribution >= 4 is 5.97 Å². The first kappa shape index (κ1) is 14.1. The minimum atomic E-state index is -0.933. The van der Waals surface area contributed by atoms with Gasteiger partial charge in [-0.1, -0.05) is 13.8 Å². The molecule has 1 saturated carbocycles. The van der Waals surface area contributed by atoms with Crippen LogP contribution in [-0.2, 0) is 10.3 Å². The molecule has 4 nitrogen and oxygen atoms in total. The molecule has 1 fully saturated rings. The minimum Gasteiger partial charge on any atom is -0.463 e. The number of ether oxygens (including phenoxy) is 1. The Morgan fingerprint density at radius 2 is 2.05 bits per heavy atom. The SMILES string of the molecule is COC(=O)c1ccc(C2(O)CCC(C(C)C)CC2)o1. The van der Waals surface area contributed by atoms with Crippen LogP contribution < -0.4 is 0 Å². The van der Waals surface area contributed by atoms with Gasteiger partial charge in [-0.3, -0.25) is 0 Å². The number of hydrogen-bond donors (Lipinski definition) is 1. The summed E-state index contributed by atoms with van der Waals surface area (Å²) in [5.41, 5.74) is -0.933. The second-order valence-corrected chi connectivity index (χ2v) is 5.77. The lowest BCUT2D eigenvalue weighted by Gasteiger charge is -2.36. The van der Waals surface area contributed by atoms with Gasteiger partial charge in [0.05, 0.1) is 7.11 Å². The van der Waals surface area contributed by atoms with E-state index in [0.29, 0.717) is 30.4 Å². The first-order chi connectivity index (χ1) is 8.96. The Hall–Kier alpha value is -1.29. The van der Waals surface area contributed by atoms with Crippen LogP contribution in [0.15, 0.2) is 16.5 Å². The van der Waals surface area contributed by atoms with Gasteiger partial charge in [0.25, 0.3) is 0 Å². The molecule has 19 heavy (non-hydrogen) atoms. The van der Waals surface area contributed by atoms with Crippen molar-refractivity contribution in [3.8, 4) is 0 Å². The third kappa shape index (κ3) is 2.84. The summed E-state index contributed by atoms with van der Waals surface area (Å²) < 4.78 is 10.1. The lowest BCUT2D eigenvalue weighted by molar-refractivity contribution is -0.0377. The maximum Gasteiger partial charge on any atom is 0.373 e. The number of hydrogen-bond acceptors (Lipinski definition) is 4. The Balaban J connectivity index is 2.09. The molecule has 0 spiro atoms. The number of carbonyl (C=O) groups excluding carboxylic acids is 1. The molecule has 0 atom stereocenters. The van der Waals surface area contributed by atoms with Gasteiger partial charge in [0.15, 0.2) is 0 Å². The highest BCUT2D eigenvalue weighted by Gasteiger charge is 2.38. The molecule has 0 aliphatic heterocycles. The van der Waals surface area contributed by atoms with E-state index in [4.69, 9.17) is 4.42 Å². The van der Waals surface area contributed by atoms with E-state index in [-0.39, 0.29) is 5.76 Å². The standard InChI is InChI=1S/C15H22O4/c1-10(2)11-6-8-15(17,9-7-11)13-5-4-12(19-13)14(16)18-3/h4-5,10-11,17H,6-9H2,1-3H3. The molecule has 0 unspecified atom stereocenters. The van der Waals surface area contributed by atoms with Crippen LogP contribution in [0.4, 0.5) is 0 Å². The van der Waals surface area contributed by atoms with Crippen molar-refractivity contribution in [2.24, 2.45) is 11.8 Å². The summed E-state index contributed by atoms with van der Waals surface area (Å²) in [5.74, 6) is 1.43. The molecule has 1 aliphatic rings. The summed E-state index contributed by atoms with van der Waals surface area (Å²) in [7, 11) is 1.31. The highest BCUT2D eigenvalue weighted by atomic mass is 16.5. The Labute approximate surface area is 113 Å². The van der Waals surface area contributed by atoms with Crippen molar-refractivity contribution in [1.82, 2.24) is 0 Å². The van der Waals surface area contributed by atoms with Crippen molar-refractivity contribution in [2.75, 3.05) is 7.11 Å². The summed E-state index contributed by atoms with van der Waals surface area (Å²) in [6.07, 6.45) is 3.35. The summed E-state index contributed by atoms with van der Waals surface area (Å²) >= 11 is 0. The molecule has 0 radical (unpaired) electrons. The molecule has 0 bridgehead atoms. The molecule has 1 aromatic heterocycles. The van der Waals surface area contributed by atoms with Gasteiger partial charge in [0, 0.05) is 0 Å². The first-order valence-corrected chi connectivity index (χ1v) is 6.87. The predicted molar refractivity (Wildman–Crippen MR) is 70.7 cm³/mol. The molecule has 0 saturated heterocycles. The maximum absolute atomic E-state index is 11.4. The van der Waals surface area contributed by atoms with Crippen LogP contribution >= 0.6 is 0 Å². The van der Waals surface area contributed by atoms with Crippen LogP contribution in [0.3, 0.4) is 0 Å². The van der Waals surface area contributed by atoms with Gasteiger partial charge >= 0.3 is 5.97 Å². The van der Waals surface area contributed by atoms with E-state index >= 15 is 0 Å². The molecule has 2 rings (SSSR count). The van der Waals surface area contributed by atoms with Crippen molar-refractivity contribution in [2.45, 2.75) is 45.1 Å². The van der Waals surface area contributed by atoms with E-state index in [1.54, 1.807) is 12.1 Å². The quantitative estimate of drug-likeness (QED) is 0.854. The number of esters is 1. The van der Waals surface area contributed by atoms with E-state index in [9.17, 15) is 9.90 Å². The van der Waals surface area contributed by atoms with Crippen LogP contribution in [0, 0.1) is 11.8 Å². The molecular formula is C15H22O4. The Morgan fingerprint density at radius 3 is 2.58 bits per heavy atom. The van der Waals surface area contributed by atoms with Crippen LogP contribution in [0.2, 0.25) is 0 Å². The van der Waals surface area contributed by atoms with E-state index in [1.165, 1.54) is 7.11 Å². The Morgan fingerprint density at radius 1 is 1.42 bits per heavy atom. The van der Waals surface area contributed by atoms with Gasteiger partial charge in [-0.2, -0.15) is 0 Å². The molecule has 0 amide bonds. The van der Waals surface area contributed by atoms with Gasteiger partial charge in [-0.15, -0.1) is 0 Å². The number of furan rings is 1. The summed E-state index contributed by atoms with van der Waals surface area (Å²) in [6.45, 7) is 4.44. The topological polar surface area (TPSA) is 59.7 Å². The minimum absolute atomic E-state index is 0.150. The van der Waals surface area contributed by atoms with E-state index in [1.807, 2.05) is 0 Å². The van der Waals surface area contributed by atoms with Crippen molar-refractivity contribution in [3.05, 3.63) is 23.7 Å². The normalized spacial score (nSPS) is 27.5. The highest BCUT2D eigenvalue weighted by molar-refractivity contribution is 5.86.